The number of phenols is 1. The molecule has 1 unspecified atom stereocenters. The van der Waals surface area contributed by atoms with Crippen LogP contribution in [0.25, 0.3) is 0 Å². The Hall–Kier alpha value is -1.26. The minimum atomic E-state index is 0.164. The number of nitrogen functional groups attached to an aromatic ring is 1. The number of nitrogens with two attached hydrogens (primary N) is 1. The van der Waals surface area contributed by atoms with Crippen LogP contribution < -0.4 is 5.73 Å². The van der Waals surface area contributed by atoms with Crippen molar-refractivity contribution in [2.24, 2.45) is 0 Å². The standard InChI is InChI=1S/C12H18N2O2/c1-9(14-4-6-16-7-5-14)10-2-3-11(13)12(15)8-10/h2-3,8-9,15H,4-7,13H2,1H3. The summed E-state index contributed by atoms with van der Waals surface area (Å²) in [5, 5.41) is 9.58. The van der Waals surface area contributed by atoms with Gasteiger partial charge in [0.1, 0.15) is 5.75 Å². The summed E-state index contributed by atoms with van der Waals surface area (Å²) >= 11 is 0. The first-order valence-corrected chi connectivity index (χ1v) is 5.58. The van der Waals surface area contributed by atoms with E-state index in [0.29, 0.717) is 5.69 Å². The maximum Gasteiger partial charge on any atom is 0.138 e. The largest absolute Gasteiger partial charge is 0.506 e. The Morgan fingerprint density at radius 3 is 2.69 bits per heavy atom. The molecule has 1 heterocycles. The van der Waals surface area contributed by atoms with E-state index in [1.807, 2.05) is 6.07 Å². The number of hydrogen-bond donors (Lipinski definition) is 2. The van der Waals surface area contributed by atoms with E-state index < -0.39 is 0 Å². The number of morpholine rings is 1. The van der Waals surface area contributed by atoms with E-state index >= 15 is 0 Å². The second-order valence-electron chi connectivity index (χ2n) is 4.14. The summed E-state index contributed by atoms with van der Waals surface area (Å²) < 4.78 is 5.32. The molecule has 1 atom stereocenters. The number of aromatic hydroxyl groups is 1. The predicted octanol–water partition coefficient (Wildman–Crippen LogP) is 1.37. The fourth-order valence-corrected chi connectivity index (χ4v) is 2.00. The van der Waals surface area contributed by atoms with Gasteiger partial charge in [-0.3, -0.25) is 4.90 Å². The highest BCUT2D eigenvalue weighted by Crippen LogP contribution is 2.27. The van der Waals surface area contributed by atoms with Crippen LogP contribution >= 0.6 is 0 Å². The molecule has 3 N–H and O–H groups in total. The van der Waals surface area contributed by atoms with Gasteiger partial charge >= 0.3 is 0 Å². The lowest BCUT2D eigenvalue weighted by Crippen LogP contribution is -2.37. The Morgan fingerprint density at radius 1 is 1.38 bits per heavy atom. The van der Waals surface area contributed by atoms with Gasteiger partial charge in [0.15, 0.2) is 0 Å². The number of benzene rings is 1. The van der Waals surface area contributed by atoms with Crippen molar-refractivity contribution >= 4 is 5.69 Å². The minimum absolute atomic E-state index is 0.164. The topological polar surface area (TPSA) is 58.7 Å². The summed E-state index contributed by atoms with van der Waals surface area (Å²) in [6.07, 6.45) is 0. The number of nitrogens with zero attached hydrogens (tertiary/aromatic N) is 1. The van der Waals surface area contributed by atoms with E-state index in [-0.39, 0.29) is 11.8 Å². The van der Waals surface area contributed by atoms with Gasteiger partial charge in [0, 0.05) is 19.1 Å². The molecule has 1 saturated heterocycles. The first-order valence-electron chi connectivity index (χ1n) is 5.58. The molecule has 0 saturated carbocycles. The van der Waals surface area contributed by atoms with Crippen LogP contribution in [0.15, 0.2) is 18.2 Å². The average Bonchev–Trinajstić information content (AvgIpc) is 2.33. The molecule has 0 amide bonds. The van der Waals surface area contributed by atoms with Crippen molar-refractivity contribution in [1.82, 2.24) is 4.90 Å². The number of rotatable bonds is 2. The third-order valence-electron chi connectivity index (χ3n) is 3.13. The Bertz CT molecular complexity index is 362. The van der Waals surface area contributed by atoms with Crippen molar-refractivity contribution in [2.45, 2.75) is 13.0 Å². The molecule has 1 aliphatic rings. The number of anilines is 1. The molecule has 0 aliphatic carbocycles. The third kappa shape index (κ3) is 2.28. The lowest BCUT2D eigenvalue weighted by Gasteiger charge is -2.32. The van der Waals surface area contributed by atoms with Gasteiger partial charge in [-0.1, -0.05) is 6.07 Å². The minimum Gasteiger partial charge on any atom is -0.506 e. The van der Waals surface area contributed by atoms with Crippen molar-refractivity contribution in [3.05, 3.63) is 23.8 Å². The van der Waals surface area contributed by atoms with Crippen LogP contribution in [0.5, 0.6) is 5.75 Å². The monoisotopic (exact) mass is 222 g/mol. The van der Waals surface area contributed by atoms with Crippen molar-refractivity contribution in [1.29, 1.82) is 0 Å². The molecular weight excluding hydrogens is 204 g/mol. The highest BCUT2D eigenvalue weighted by molar-refractivity contribution is 5.53. The Kier molecular flexibility index (Phi) is 3.31. The summed E-state index contributed by atoms with van der Waals surface area (Å²) in [7, 11) is 0. The van der Waals surface area contributed by atoms with E-state index in [4.69, 9.17) is 10.5 Å². The van der Waals surface area contributed by atoms with Crippen molar-refractivity contribution in [2.75, 3.05) is 32.0 Å². The molecule has 0 aromatic heterocycles. The number of hydrogen-bond acceptors (Lipinski definition) is 4. The van der Waals surface area contributed by atoms with Gasteiger partial charge in [0.05, 0.1) is 18.9 Å². The smallest absolute Gasteiger partial charge is 0.138 e. The second kappa shape index (κ2) is 4.72. The zero-order valence-corrected chi connectivity index (χ0v) is 9.52. The highest BCUT2D eigenvalue weighted by Gasteiger charge is 2.18. The molecular formula is C12H18N2O2. The summed E-state index contributed by atoms with van der Waals surface area (Å²) in [5.41, 5.74) is 7.10. The van der Waals surface area contributed by atoms with E-state index in [9.17, 15) is 5.11 Å². The van der Waals surface area contributed by atoms with E-state index in [1.54, 1.807) is 12.1 Å². The quantitative estimate of drug-likeness (QED) is 0.586. The molecule has 0 radical (unpaired) electrons. The molecule has 1 aromatic rings. The number of ether oxygens (including phenoxy) is 1. The summed E-state index contributed by atoms with van der Waals surface area (Å²) in [6.45, 7) is 5.57. The van der Waals surface area contributed by atoms with E-state index in [2.05, 4.69) is 11.8 Å². The van der Waals surface area contributed by atoms with Gasteiger partial charge < -0.3 is 15.6 Å². The zero-order chi connectivity index (χ0) is 11.5. The molecule has 2 rings (SSSR count). The van der Waals surface area contributed by atoms with E-state index in [1.165, 1.54) is 0 Å². The van der Waals surface area contributed by atoms with Gasteiger partial charge in [-0.25, -0.2) is 0 Å². The van der Waals surface area contributed by atoms with Crippen LogP contribution in [0, 0.1) is 0 Å². The zero-order valence-electron chi connectivity index (χ0n) is 9.52. The van der Waals surface area contributed by atoms with Crippen LogP contribution in [0.3, 0.4) is 0 Å². The maximum atomic E-state index is 9.58. The lowest BCUT2D eigenvalue weighted by atomic mass is 10.1. The first kappa shape index (κ1) is 11.2. The molecule has 88 valence electrons. The maximum absolute atomic E-state index is 9.58. The summed E-state index contributed by atoms with van der Waals surface area (Å²) in [6, 6.07) is 5.75. The summed E-state index contributed by atoms with van der Waals surface area (Å²) in [5.74, 6) is 0.164. The highest BCUT2D eigenvalue weighted by atomic mass is 16.5. The SMILES string of the molecule is CC(c1ccc(N)c(O)c1)N1CCOCC1. The van der Waals surface area contributed by atoms with Crippen LogP contribution in [-0.2, 0) is 4.74 Å². The lowest BCUT2D eigenvalue weighted by molar-refractivity contribution is 0.0198. The molecule has 1 fully saturated rings. The third-order valence-corrected chi connectivity index (χ3v) is 3.13. The normalized spacial score (nSPS) is 19.6. The van der Waals surface area contributed by atoms with Gasteiger partial charge in [-0.15, -0.1) is 0 Å². The fourth-order valence-electron chi connectivity index (χ4n) is 2.00. The summed E-state index contributed by atoms with van der Waals surface area (Å²) in [4.78, 5) is 2.34. The average molecular weight is 222 g/mol. The van der Waals surface area contributed by atoms with Crippen molar-refractivity contribution in [3.63, 3.8) is 0 Å². The van der Waals surface area contributed by atoms with E-state index in [0.717, 1.165) is 31.9 Å². The number of phenolic OH excluding ortho intramolecular Hbond substituents is 1. The van der Waals surface area contributed by atoms with Gasteiger partial charge in [-0.05, 0) is 24.6 Å². The Morgan fingerprint density at radius 2 is 2.06 bits per heavy atom. The molecule has 0 bridgehead atoms. The predicted molar refractivity (Wildman–Crippen MR) is 63.3 cm³/mol. The second-order valence-corrected chi connectivity index (χ2v) is 4.14. The molecule has 1 aromatic carbocycles. The van der Waals surface area contributed by atoms with Gasteiger partial charge in [0.2, 0.25) is 0 Å². The van der Waals surface area contributed by atoms with Gasteiger partial charge in [0.25, 0.3) is 0 Å². The van der Waals surface area contributed by atoms with Gasteiger partial charge in [-0.2, -0.15) is 0 Å². The van der Waals surface area contributed by atoms with Crippen molar-refractivity contribution in [3.8, 4) is 5.75 Å². The first-order chi connectivity index (χ1) is 7.68. The fraction of sp³-hybridized carbons (Fsp3) is 0.500. The van der Waals surface area contributed by atoms with Crippen molar-refractivity contribution < 1.29 is 9.84 Å². The molecule has 4 heteroatoms. The van der Waals surface area contributed by atoms with Crippen LogP contribution in [0.4, 0.5) is 5.69 Å². The molecule has 1 aliphatic heterocycles. The molecule has 16 heavy (non-hydrogen) atoms. The Balaban J connectivity index is 2.12. The van der Waals surface area contributed by atoms with Crippen LogP contribution in [0.1, 0.15) is 18.5 Å². The van der Waals surface area contributed by atoms with Crippen LogP contribution in [-0.4, -0.2) is 36.3 Å². The van der Waals surface area contributed by atoms with Crippen LogP contribution in [0.2, 0.25) is 0 Å². The Labute approximate surface area is 95.6 Å². The molecule has 0 spiro atoms. The molecule has 4 nitrogen and oxygen atoms in total.